The molecule has 1 saturated carbocycles. The molecule has 2 fully saturated rings. The molecule has 178 valence electrons. The van der Waals surface area contributed by atoms with Crippen molar-refractivity contribution in [2.24, 2.45) is 22.7 Å². The first-order valence-corrected chi connectivity index (χ1v) is 12.0. The first kappa shape index (κ1) is 24.9. The van der Waals surface area contributed by atoms with Crippen molar-refractivity contribution >= 4 is 0 Å². The lowest BCUT2D eigenvalue weighted by atomic mass is 9.48. The SMILES string of the molecule is C=CC(C)(CCC1C(C)=CCC2C(C)(C)CCCC12C)OC1OC(C)C(O)C(O)C1O. The van der Waals surface area contributed by atoms with Gasteiger partial charge in [0.1, 0.15) is 18.3 Å². The zero-order chi connectivity index (χ0) is 23.2. The van der Waals surface area contributed by atoms with Crippen molar-refractivity contribution in [2.75, 3.05) is 0 Å². The molecule has 0 amide bonds. The minimum Gasteiger partial charge on any atom is -0.388 e. The average Bonchev–Trinajstić information content (AvgIpc) is 2.69. The molecule has 1 saturated heterocycles. The zero-order valence-corrected chi connectivity index (χ0v) is 20.3. The van der Waals surface area contributed by atoms with Crippen molar-refractivity contribution in [3.05, 3.63) is 24.3 Å². The Morgan fingerprint density at radius 2 is 1.87 bits per heavy atom. The topological polar surface area (TPSA) is 79.2 Å². The lowest BCUT2D eigenvalue weighted by Gasteiger charge is -2.57. The summed E-state index contributed by atoms with van der Waals surface area (Å²) in [7, 11) is 0. The highest BCUT2D eigenvalue weighted by Gasteiger charge is 2.52. The standard InChI is InChI=1S/C26H44O5/c1-8-25(6,31-23-22(29)21(28)20(27)17(3)30-23)15-12-18-16(2)10-11-19-24(4,5)13-9-14-26(18,19)7/h8,10,17-23,27-29H,1,9,11-15H2,2-7H3. The fourth-order valence-corrected chi connectivity index (χ4v) is 6.71. The van der Waals surface area contributed by atoms with Crippen molar-refractivity contribution < 1.29 is 24.8 Å². The van der Waals surface area contributed by atoms with E-state index in [-0.39, 0.29) is 5.41 Å². The maximum Gasteiger partial charge on any atom is 0.187 e. The lowest BCUT2D eigenvalue weighted by Crippen LogP contribution is -2.58. The van der Waals surface area contributed by atoms with E-state index < -0.39 is 36.3 Å². The summed E-state index contributed by atoms with van der Waals surface area (Å²) in [6.07, 6.45) is 5.58. The van der Waals surface area contributed by atoms with Crippen molar-refractivity contribution in [3.8, 4) is 0 Å². The summed E-state index contributed by atoms with van der Waals surface area (Å²) in [5.41, 5.74) is 1.40. The maximum absolute atomic E-state index is 10.4. The van der Waals surface area contributed by atoms with Crippen LogP contribution in [-0.4, -0.2) is 51.6 Å². The zero-order valence-electron chi connectivity index (χ0n) is 20.3. The number of allylic oxidation sites excluding steroid dienone is 2. The number of hydrogen-bond donors (Lipinski definition) is 3. The van der Waals surface area contributed by atoms with Crippen LogP contribution in [-0.2, 0) is 9.47 Å². The Labute approximate surface area is 188 Å². The number of aliphatic hydroxyl groups is 3. The molecule has 31 heavy (non-hydrogen) atoms. The molecule has 3 rings (SSSR count). The van der Waals surface area contributed by atoms with Gasteiger partial charge in [-0.2, -0.15) is 0 Å². The predicted octanol–water partition coefficient (Wildman–Crippen LogP) is 4.35. The number of ether oxygens (including phenoxy) is 2. The Hall–Kier alpha value is -0.720. The van der Waals surface area contributed by atoms with Gasteiger partial charge in [-0.1, -0.05) is 44.9 Å². The van der Waals surface area contributed by atoms with Gasteiger partial charge in [-0.3, -0.25) is 0 Å². The molecule has 0 aromatic rings. The van der Waals surface area contributed by atoms with Crippen LogP contribution < -0.4 is 0 Å². The fourth-order valence-electron chi connectivity index (χ4n) is 6.71. The normalized spacial score (nSPS) is 44.7. The van der Waals surface area contributed by atoms with Crippen LogP contribution in [0.1, 0.15) is 80.1 Å². The summed E-state index contributed by atoms with van der Waals surface area (Å²) in [4.78, 5) is 0. The Kier molecular flexibility index (Phi) is 7.16. The van der Waals surface area contributed by atoms with E-state index in [1.165, 1.54) is 31.3 Å². The van der Waals surface area contributed by atoms with Gasteiger partial charge in [0.15, 0.2) is 6.29 Å². The van der Waals surface area contributed by atoms with Crippen molar-refractivity contribution in [3.63, 3.8) is 0 Å². The van der Waals surface area contributed by atoms with Crippen LogP contribution in [0.4, 0.5) is 0 Å². The second kappa shape index (κ2) is 8.90. The monoisotopic (exact) mass is 436 g/mol. The van der Waals surface area contributed by atoms with Gasteiger partial charge in [0, 0.05) is 0 Å². The molecule has 0 radical (unpaired) electrons. The van der Waals surface area contributed by atoms with E-state index in [0.29, 0.717) is 17.3 Å². The summed E-state index contributed by atoms with van der Waals surface area (Å²) >= 11 is 0. The van der Waals surface area contributed by atoms with Gasteiger partial charge in [0.05, 0.1) is 11.7 Å². The third kappa shape index (κ3) is 4.67. The van der Waals surface area contributed by atoms with Crippen molar-refractivity contribution in [1.82, 2.24) is 0 Å². The second-order valence-electron chi connectivity index (χ2n) is 11.5. The number of aliphatic hydroxyl groups excluding tert-OH is 3. The molecule has 9 atom stereocenters. The third-order valence-electron chi connectivity index (χ3n) is 8.85. The van der Waals surface area contributed by atoms with Crippen LogP contribution in [0.2, 0.25) is 0 Å². The van der Waals surface area contributed by atoms with Gasteiger partial charge in [0.2, 0.25) is 0 Å². The summed E-state index contributed by atoms with van der Waals surface area (Å²) in [5, 5.41) is 30.5. The van der Waals surface area contributed by atoms with Gasteiger partial charge in [-0.15, -0.1) is 6.58 Å². The van der Waals surface area contributed by atoms with Gasteiger partial charge < -0.3 is 24.8 Å². The van der Waals surface area contributed by atoms with Crippen LogP contribution in [0.25, 0.3) is 0 Å². The predicted molar refractivity (Wildman–Crippen MR) is 122 cm³/mol. The molecule has 0 bridgehead atoms. The quantitative estimate of drug-likeness (QED) is 0.539. The largest absolute Gasteiger partial charge is 0.388 e. The molecule has 3 N–H and O–H groups in total. The van der Waals surface area contributed by atoms with Crippen LogP contribution in [0.3, 0.4) is 0 Å². The summed E-state index contributed by atoms with van der Waals surface area (Å²) in [5.74, 6) is 1.16. The van der Waals surface area contributed by atoms with Gasteiger partial charge >= 0.3 is 0 Å². The van der Waals surface area contributed by atoms with Crippen LogP contribution >= 0.6 is 0 Å². The number of rotatable bonds is 6. The first-order chi connectivity index (χ1) is 14.3. The van der Waals surface area contributed by atoms with Crippen LogP contribution in [0.15, 0.2) is 24.3 Å². The van der Waals surface area contributed by atoms with Gasteiger partial charge in [-0.25, -0.2) is 0 Å². The summed E-state index contributed by atoms with van der Waals surface area (Å²) < 4.78 is 11.9. The Morgan fingerprint density at radius 1 is 1.19 bits per heavy atom. The second-order valence-corrected chi connectivity index (χ2v) is 11.5. The molecule has 0 aromatic carbocycles. The van der Waals surface area contributed by atoms with E-state index >= 15 is 0 Å². The van der Waals surface area contributed by atoms with Crippen molar-refractivity contribution in [1.29, 1.82) is 0 Å². The smallest absolute Gasteiger partial charge is 0.187 e. The van der Waals surface area contributed by atoms with E-state index in [1.807, 2.05) is 6.92 Å². The van der Waals surface area contributed by atoms with E-state index in [1.54, 1.807) is 13.0 Å². The molecule has 9 unspecified atom stereocenters. The Balaban J connectivity index is 1.74. The number of hydrogen-bond acceptors (Lipinski definition) is 5. The highest BCUT2D eigenvalue weighted by Crippen LogP contribution is 2.60. The van der Waals surface area contributed by atoms with Crippen molar-refractivity contribution in [2.45, 2.75) is 116 Å². The molecule has 5 nitrogen and oxygen atoms in total. The minimum atomic E-state index is -1.30. The Morgan fingerprint density at radius 3 is 2.52 bits per heavy atom. The molecular formula is C26H44O5. The van der Waals surface area contributed by atoms with E-state index in [4.69, 9.17) is 9.47 Å². The lowest BCUT2D eigenvalue weighted by molar-refractivity contribution is -0.313. The molecule has 2 aliphatic carbocycles. The summed E-state index contributed by atoms with van der Waals surface area (Å²) in [6.45, 7) is 17.2. The Bertz CT molecular complexity index is 687. The van der Waals surface area contributed by atoms with Gasteiger partial charge in [-0.05, 0) is 75.5 Å². The van der Waals surface area contributed by atoms with Crippen LogP contribution in [0, 0.1) is 22.7 Å². The van der Waals surface area contributed by atoms with E-state index in [2.05, 4.69) is 40.3 Å². The third-order valence-corrected chi connectivity index (χ3v) is 8.85. The van der Waals surface area contributed by atoms with Crippen LogP contribution in [0.5, 0.6) is 0 Å². The minimum absolute atomic E-state index is 0.276. The number of fused-ring (bicyclic) bond motifs is 1. The highest BCUT2D eigenvalue weighted by atomic mass is 16.7. The fraction of sp³-hybridized carbons (Fsp3) is 0.846. The molecule has 5 heteroatoms. The van der Waals surface area contributed by atoms with E-state index in [0.717, 1.165) is 12.8 Å². The van der Waals surface area contributed by atoms with E-state index in [9.17, 15) is 15.3 Å². The first-order valence-electron chi connectivity index (χ1n) is 12.0. The maximum atomic E-state index is 10.4. The molecular weight excluding hydrogens is 392 g/mol. The molecule has 3 aliphatic rings. The molecule has 0 spiro atoms. The van der Waals surface area contributed by atoms with Gasteiger partial charge in [0.25, 0.3) is 0 Å². The molecule has 0 aromatic heterocycles. The molecule has 1 aliphatic heterocycles. The molecule has 1 heterocycles. The highest BCUT2D eigenvalue weighted by molar-refractivity contribution is 5.18. The average molecular weight is 437 g/mol. The summed E-state index contributed by atoms with van der Waals surface area (Å²) in [6, 6.07) is 0.